The van der Waals surface area contributed by atoms with Crippen molar-refractivity contribution in [2.24, 2.45) is 0 Å². The average Bonchev–Trinajstić information content (AvgIpc) is 3.41. The number of carboxylic acid groups (broad SMARTS) is 1. The molecular weight excluding hydrogens is 434 g/mol. The zero-order valence-corrected chi connectivity index (χ0v) is 17.9. The summed E-state index contributed by atoms with van der Waals surface area (Å²) in [6, 6.07) is 16.8. The third-order valence-electron chi connectivity index (χ3n) is 4.70. The number of aryl methyl sites for hydroxylation is 1. The Morgan fingerprint density at radius 3 is 2.55 bits per heavy atom. The van der Waals surface area contributed by atoms with E-state index in [-0.39, 0.29) is 17.9 Å². The largest absolute Gasteiger partial charge is 0.478 e. The van der Waals surface area contributed by atoms with Gasteiger partial charge in [-0.15, -0.1) is 11.3 Å². The molecule has 1 amide bonds. The van der Waals surface area contributed by atoms with E-state index >= 15 is 0 Å². The van der Waals surface area contributed by atoms with Gasteiger partial charge in [-0.3, -0.25) is 4.79 Å². The first-order chi connectivity index (χ1) is 15.0. The normalized spacial score (nSPS) is 10.7. The third-order valence-corrected chi connectivity index (χ3v) is 5.98. The number of carbonyl (C=O) groups excluding carboxylic acids is 1. The first-order valence-corrected chi connectivity index (χ1v) is 10.8. The van der Waals surface area contributed by atoms with E-state index in [2.05, 4.69) is 10.4 Å². The number of aromatic carboxylic acids is 1. The van der Waals surface area contributed by atoms with E-state index in [4.69, 9.17) is 11.6 Å². The maximum absolute atomic E-state index is 12.4. The Morgan fingerprint density at radius 1 is 1.10 bits per heavy atom. The standard InChI is InChI=1S/C23H18ClN3O3S/c24-17-7-9-18(10-8-17)27-13-16(12-25-27)22-21(23(29)30)19(14-31-22)26-20(28)11-6-15-4-2-1-3-5-15/h1-5,7-10,12-14H,6,11H2,(H,26,28)(H,29,30). The lowest BCUT2D eigenvalue weighted by Crippen LogP contribution is -2.14. The molecule has 31 heavy (non-hydrogen) atoms. The van der Waals surface area contributed by atoms with Gasteiger partial charge in [-0.25, -0.2) is 9.48 Å². The van der Waals surface area contributed by atoms with E-state index in [1.165, 1.54) is 11.3 Å². The van der Waals surface area contributed by atoms with Crippen LogP contribution in [0, 0.1) is 0 Å². The summed E-state index contributed by atoms with van der Waals surface area (Å²) in [5.41, 5.74) is 2.87. The van der Waals surface area contributed by atoms with Gasteiger partial charge in [0.1, 0.15) is 5.56 Å². The summed E-state index contributed by atoms with van der Waals surface area (Å²) in [5, 5.41) is 19.1. The smallest absolute Gasteiger partial charge is 0.339 e. The molecular formula is C23H18ClN3O3S. The summed E-state index contributed by atoms with van der Waals surface area (Å²) in [7, 11) is 0. The zero-order valence-electron chi connectivity index (χ0n) is 16.3. The molecule has 2 heterocycles. The maximum atomic E-state index is 12.4. The van der Waals surface area contributed by atoms with Gasteiger partial charge in [0.05, 0.1) is 22.4 Å². The monoisotopic (exact) mass is 451 g/mol. The van der Waals surface area contributed by atoms with Crippen LogP contribution in [0.15, 0.2) is 72.4 Å². The van der Waals surface area contributed by atoms with Crippen molar-refractivity contribution in [3.8, 4) is 16.1 Å². The second-order valence-electron chi connectivity index (χ2n) is 6.84. The molecule has 8 heteroatoms. The topological polar surface area (TPSA) is 84.2 Å². The van der Waals surface area contributed by atoms with Crippen LogP contribution in [0.4, 0.5) is 5.69 Å². The number of amides is 1. The molecule has 2 aromatic carbocycles. The molecule has 0 aliphatic rings. The van der Waals surface area contributed by atoms with Gasteiger partial charge in [-0.1, -0.05) is 41.9 Å². The fourth-order valence-corrected chi connectivity index (χ4v) is 4.26. The Bertz CT molecular complexity index is 1220. The molecule has 0 unspecified atom stereocenters. The number of rotatable bonds is 7. The number of nitrogens with one attached hydrogen (secondary N) is 1. The number of halogens is 1. The van der Waals surface area contributed by atoms with E-state index in [1.54, 1.807) is 34.6 Å². The quantitative estimate of drug-likeness (QED) is 0.387. The highest BCUT2D eigenvalue weighted by Gasteiger charge is 2.22. The van der Waals surface area contributed by atoms with Crippen LogP contribution in [0.2, 0.25) is 5.02 Å². The summed E-state index contributed by atoms with van der Waals surface area (Å²) in [4.78, 5) is 24.9. The predicted octanol–water partition coefficient (Wildman–Crippen LogP) is 5.52. The number of hydrogen-bond donors (Lipinski definition) is 2. The fraction of sp³-hybridized carbons (Fsp3) is 0.0870. The van der Waals surface area contributed by atoms with Crippen LogP contribution >= 0.6 is 22.9 Å². The molecule has 0 saturated heterocycles. The SMILES string of the molecule is O=C(CCc1ccccc1)Nc1csc(-c2cnn(-c3ccc(Cl)cc3)c2)c1C(=O)O. The molecule has 2 N–H and O–H groups in total. The fourth-order valence-electron chi connectivity index (χ4n) is 3.17. The summed E-state index contributed by atoms with van der Waals surface area (Å²) in [6.07, 6.45) is 4.21. The molecule has 0 atom stereocenters. The molecule has 0 aliphatic heterocycles. The van der Waals surface area contributed by atoms with Crippen molar-refractivity contribution in [2.75, 3.05) is 5.32 Å². The predicted molar refractivity (Wildman–Crippen MR) is 122 cm³/mol. The first kappa shape index (κ1) is 20.8. The molecule has 156 valence electrons. The van der Waals surface area contributed by atoms with E-state index in [1.807, 2.05) is 42.5 Å². The number of anilines is 1. The molecule has 6 nitrogen and oxygen atoms in total. The van der Waals surface area contributed by atoms with Gasteiger partial charge in [0.2, 0.25) is 5.91 Å². The van der Waals surface area contributed by atoms with Crippen LogP contribution in [0.25, 0.3) is 16.1 Å². The molecule has 4 aromatic rings. The summed E-state index contributed by atoms with van der Waals surface area (Å²) in [6.45, 7) is 0. The van der Waals surface area contributed by atoms with Gasteiger partial charge in [0.15, 0.2) is 0 Å². The van der Waals surface area contributed by atoms with Crippen LogP contribution in [0.1, 0.15) is 22.3 Å². The lowest BCUT2D eigenvalue weighted by Gasteiger charge is -2.06. The Morgan fingerprint density at radius 2 is 1.84 bits per heavy atom. The van der Waals surface area contributed by atoms with Crippen molar-refractivity contribution in [3.05, 3.63) is 88.5 Å². The minimum absolute atomic E-state index is 0.0636. The Balaban J connectivity index is 1.53. The summed E-state index contributed by atoms with van der Waals surface area (Å²) in [5.74, 6) is -1.33. The minimum Gasteiger partial charge on any atom is -0.478 e. The molecule has 2 aromatic heterocycles. The van der Waals surface area contributed by atoms with Gasteiger partial charge in [-0.2, -0.15) is 5.10 Å². The van der Waals surface area contributed by atoms with Gasteiger partial charge >= 0.3 is 5.97 Å². The highest BCUT2D eigenvalue weighted by Crippen LogP contribution is 2.36. The van der Waals surface area contributed by atoms with Crippen molar-refractivity contribution in [1.82, 2.24) is 9.78 Å². The molecule has 0 radical (unpaired) electrons. The zero-order chi connectivity index (χ0) is 21.8. The Labute approximate surface area is 187 Å². The Hall–Kier alpha value is -3.42. The van der Waals surface area contributed by atoms with Crippen molar-refractivity contribution in [1.29, 1.82) is 0 Å². The van der Waals surface area contributed by atoms with E-state index < -0.39 is 5.97 Å². The highest BCUT2D eigenvalue weighted by atomic mass is 35.5. The second kappa shape index (κ2) is 9.16. The van der Waals surface area contributed by atoms with Crippen LogP contribution in [-0.2, 0) is 11.2 Å². The van der Waals surface area contributed by atoms with Crippen molar-refractivity contribution in [3.63, 3.8) is 0 Å². The maximum Gasteiger partial charge on any atom is 0.339 e. The number of carboxylic acids is 1. The lowest BCUT2D eigenvalue weighted by atomic mass is 10.1. The van der Waals surface area contributed by atoms with Gasteiger partial charge < -0.3 is 10.4 Å². The van der Waals surface area contributed by atoms with E-state index in [9.17, 15) is 14.7 Å². The van der Waals surface area contributed by atoms with Crippen LogP contribution < -0.4 is 5.32 Å². The summed E-state index contributed by atoms with van der Waals surface area (Å²) >= 11 is 7.18. The van der Waals surface area contributed by atoms with Crippen LogP contribution in [0.3, 0.4) is 0 Å². The van der Waals surface area contributed by atoms with Crippen molar-refractivity contribution < 1.29 is 14.7 Å². The number of hydrogen-bond acceptors (Lipinski definition) is 4. The van der Waals surface area contributed by atoms with E-state index in [0.717, 1.165) is 11.3 Å². The first-order valence-electron chi connectivity index (χ1n) is 9.51. The summed E-state index contributed by atoms with van der Waals surface area (Å²) < 4.78 is 1.65. The van der Waals surface area contributed by atoms with Gasteiger partial charge in [0, 0.05) is 28.6 Å². The van der Waals surface area contributed by atoms with Crippen LogP contribution in [-0.4, -0.2) is 26.8 Å². The number of aromatic nitrogens is 2. The van der Waals surface area contributed by atoms with Crippen molar-refractivity contribution in [2.45, 2.75) is 12.8 Å². The highest BCUT2D eigenvalue weighted by molar-refractivity contribution is 7.14. The molecule has 0 spiro atoms. The number of nitrogens with zero attached hydrogens (tertiary/aromatic N) is 2. The van der Waals surface area contributed by atoms with Gasteiger partial charge in [-0.05, 0) is 36.2 Å². The lowest BCUT2D eigenvalue weighted by molar-refractivity contribution is -0.116. The minimum atomic E-state index is -1.10. The molecule has 0 bridgehead atoms. The molecule has 0 aliphatic carbocycles. The number of carbonyl (C=O) groups is 2. The van der Waals surface area contributed by atoms with E-state index in [0.29, 0.717) is 27.6 Å². The average molecular weight is 452 g/mol. The van der Waals surface area contributed by atoms with Gasteiger partial charge in [0.25, 0.3) is 0 Å². The molecule has 4 rings (SSSR count). The number of thiophene rings is 1. The third kappa shape index (κ3) is 4.84. The second-order valence-corrected chi connectivity index (χ2v) is 8.16. The number of benzene rings is 2. The molecule has 0 saturated carbocycles. The van der Waals surface area contributed by atoms with Crippen molar-refractivity contribution >= 4 is 40.5 Å². The Kier molecular flexibility index (Phi) is 6.16. The van der Waals surface area contributed by atoms with Crippen LogP contribution in [0.5, 0.6) is 0 Å². The molecule has 0 fully saturated rings.